The summed E-state index contributed by atoms with van der Waals surface area (Å²) in [4.78, 5) is 16.4. The first-order chi connectivity index (χ1) is 12.9. The molecule has 0 saturated carbocycles. The number of terminal acetylenes is 1. The summed E-state index contributed by atoms with van der Waals surface area (Å²) in [6.45, 7) is 4.30. The zero-order valence-electron chi connectivity index (χ0n) is 16.6. The van der Waals surface area contributed by atoms with E-state index in [9.17, 15) is 4.79 Å². The molecule has 2 aromatic rings. The van der Waals surface area contributed by atoms with Crippen molar-refractivity contribution in [2.75, 3.05) is 20.6 Å². The molecule has 142 valence electrons. The molecule has 2 unspecified atom stereocenters. The molecule has 4 nitrogen and oxygen atoms in total. The lowest BCUT2D eigenvalue weighted by Crippen LogP contribution is -2.41. The lowest BCUT2D eigenvalue weighted by atomic mass is 10.1. The summed E-state index contributed by atoms with van der Waals surface area (Å²) in [5.74, 6) is 3.09. The van der Waals surface area contributed by atoms with Crippen LogP contribution in [-0.4, -0.2) is 42.6 Å². The molecule has 0 bridgehead atoms. The summed E-state index contributed by atoms with van der Waals surface area (Å²) in [6, 6.07) is 17.8. The molecule has 0 saturated heterocycles. The van der Waals surface area contributed by atoms with Gasteiger partial charge in [-0.3, -0.25) is 4.90 Å². The van der Waals surface area contributed by atoms with Crippen LogP contribution in [0, 0.1) is 12.3 Å². The second kappa shape index (κ2) is 9.80. The van der Waals surface area contributed by atoms with Crippen LogP contribution in [-0.2, 0) is 6.42 Å². The van der Waals surface area contributed by atoms with E-state index in [0.717, 1.165) is 17.5 Å². The lowest BCUT2D eigenvalue weighted by molar-refractivity contribution is 0.142. The highest BCUT2D eigenvalue weighted by Gasteiger charge is 2.22. The van der Waals surface area contributed by atoms with Gasteiger partial charge in [0.1, 0.15) is 5.75 Å². The maximum Gasteiger partial charge on any atom is 0.416 e. The van der Waals surface area contributed by atoms with Crippen molar-refractivity contribution in [1.82, 2.24) is 9.80 Å². The van der Waals surface area contributed by atoms with Crippen molar-refractivity contribution < 1.29 is 9.53 Å². The van der Waals surface area contributed by atoms with Gasteiger partial charge >= 0.3 is 6.09 Å². The van der Waals surface area contributed by atoms with Gasteiger partial charge in [-0.05, 0) is 57.6 Å². The van der Waals surface area contributed by atoms with Crippen LogP contribution < -0.4 is 4.74 Å². The molecule has 4 heteroatoms. The topological polar surface area (TPSA) is 32.8 Å². The first-order valence-corrected chi connectivity index (χ1v) is 9.14. The molecule has 1 amide bonds. The highest BCUT2D eigenvalue weighted by atomic mass is 16.6. The average Bonchev–Trinajstić information content (AvgIpc) is 2.66. The van der Waals surface area contributed by atoms with E-state index in [4.69, 9.17) is 11.2 Å². The highest BCUT2D eigenvalue weighted by Crippen LogP contribution is 2.23. The fraction of sp³-hybridized carbons (Fsp3) is 0.348. The van der Waals surface area contributed by atoms with Gasteiger partial charge in [-0.1, -0.05) is 48.4 Å². The van der Waals surface area contributed by atoms with Crippen molar-refractivity contribution in [1.29, 1.82) is 0 Å². The number of carbonyl (C=O) groups is 1. The number of amides is 1. The average molecular weight is 364 g/mol. The predicted molar refractivity (Wildman–Crippen MR) is 110 cm³/mol. The smallest absolute Gasteiger partial charge is 0.410 e. The van der Waals surface area contributed by atoms with Crippen LogP contribution in [0.3, 0.4) is 0 Å². The maximum absolute atomic E-state index is 12.7. The third-order valence-electron chi connectivity index (χ3n) is 4.72. The molecule has 0 aromatic heterocycles. The molecule has 0 heterocycles. The molecule has 0 aliphatic rings. The Morgan fingerprint density at radius 2 is 1.81 bits per heavy atom. The summed E-state index contributed by atoms with van der Waals surface area (Å²) < 4.78 is 5.63. The molecule has 0 aliphatic heterocycles. The van der Waals surface area contributed by atoms with Crippen LogP contribution in [0.4, 0.5) is 4.79 Å². The van der Waals surface area contributed by atoms with Gasteiger partial charge in [0.15, 0.2) is 0 Å². The van der Waals surface area contributed by atoms with Crippen molar-refractivity contribution in [3.8, 4) is 18.1 Å². The molecule has 0 N–H and O–H groups in total. The van der Waals surface area contributed by atoms with E-state index in [2.05, 4.69) is 17.7 Å². The summed E-state index contributed by atoms with van der Waals surface area (Å²) in [5, 5.41) is 0. The van der Waals surface area contributed by atoms with Crippen LogP contribution in [0.25, 0.3) is 0 Å². The van der Waals surface area contributed by atoms with Gasteiger partial charge in [-0.15, -0.1) is 6.42 Å². The van der Waals surface area contributed by atoms with Crippen molar-refractivity contribution in [2.24, 2.45) is 0 Å². The fourth-order valence-electron chi connectivity index (χ4n) is 2.86. The largest absolute Gasteiger partial charge is 0.416 e. The summed E-state index contributed by atoms with van der Waals surface area (Å²) in [5.41, 5.74) is 2.24. The van der Waals surface area contributed by atoms with Crippen LogP contribution in [0.15, 0.2) is 54.6 Å². The summed E-state index contributed by atoms with van der Waals surface area (Å²) >= 11 is 0. The number of hydrogen-bond donors (Lipinski definition) is 0. The zero-order valence-corrected chi connectivity index (χ0v) is 16.6. The molecule has 27 heavy (non-hydrogen) atoms. The van der Waals surface area contributed by atoms with Crippen molar-refractivity contribution in [3.63, 3.8) is 0 Å². The molecule has 0 aliphatic carbocycles. The van der Waals surface area contributed by atoms with Gasteiger partial charge in [0.05, 0.1) is 6.54 Å². The van der Waals surface area contributed by atoms with Crippen molar-refractivity contribution in [2.45, 2.75) is 32.4 Å². The molecule has 0 fully saturated rings. The Morgan fingerprint density at radius 3 is 2.44 bits per heavy atom. The van der Waals surface area contributed by atoms with Crippen molar-refractivity contribution >= 4 is 6.09 Å². The fourth-order valence-corrected chi connectivity index (χ4v) is 2.86. The van der Waals surface area contributed by atoms with Crippen molar-refractivity contribution in [3.05, 3.63) is 65.7 Å². The van der Waals surface area contributed by atoms with Crippen LogP contribution in [0.1, 0.15) is 31.0 Å². The van der Waals surface area contributed by atoms with E-state index in [1.807, 2.05) is 69.6 Å². The third kappa shape index (κ3) is 5.87. The minimum absolute atomic E-state index is 0.0696. The van der Waals surface area contributed by atoms with Crippen LogP contribution in [0.2, 0.25) is 0 Å². The predicted octanol–water partition coefficient (Wildman–Crippen LogP) is 4.37. The highest BCUT2D eigenvalue weighted by molar-refractivity contribution is 5.71. The monoisotopic (exact) mass is 364 g/mol. The quantitative estimate of drug-likeness (QED) is 0.684. The Morgan fingerprint density at radius 1 is 1.11 bits per heavy atom. The van der Waals surface area contributed by atoms with Gasteiger partial charge in [0.2, 0.25) is 0 Å². The molecule has 2 atom stereocenters. The molecule has 2 aromatic carbocycles. The second-order valence-corrected chi connectivity index (χ2v) is 6.95. The Balaban J connectivity index is 2.10. The summed E-state index contributed by atoms with van der Waals surface area (Å²) in [6.07, 6.45) is 5.78. The van der Waals surface area contributed by atoms with Gasteiger partial charge in [-0.25, -0.2) is 4.79 Å². The Kier molecular flexibility index (Phi) is 7.45. The molecule has 0 radical (unpaired) electrons. The number of ether oxygens (including phenoxy) is 1. The minimum Gasteiger partial charge on any atom is -0.410 e. The minimum atomic E-state index is -0.425. The van der Waals surface area contributed by atoms with E-state index in [1.54, 1.807) is 11.0 Å². The summed E-state index contributed by atoms with van der Waals surface area (Å²) in [7, 11) is 4.03. The van der Waals surface area contributed by atoms with Gasteiger partial charge in [0.25, 0.3) is 0 Å². The van der Waals surface area contributed by atoms with E-state index >= 15 is 0 Å². The number of nitrogens with zero attached hydrogens (tertiary/aromatic N) is 2. The van der Waals surface area contributed by atoms with E-state index < -0.39 is 6.09 Å². The number of carbonyl (C=O) groups excluding carboxylic acids is 1. The van der Waals surface area contributed by atoms with Crippen LogP contribution >= 0.6 is 0 Å². The molecule has 2 rings (SSSR count). The number of rotatable bonds is 7. The molecule has 0 spiro atoms. The van der Waals surface area contributed by atoms with Gasteiger partial charge < -0.3 is 9.64 Å². The normalized spacial score (nSPS) is 12.9. The first-order valence-electron chi connectivity index (χ1n) is 9.14. The molecular formula is C23H28N2O2. The SMILES string of the molecule is C#CCN(C(=O)Oc1cccc(C(C)N(C)C)c1)C(C)Cc1ccccc1. The van der Waals surface area contributed by atoms with E-state index in [0.29, 0.717) is 5.75 Å². The number of benzene rings is 2. The maximum atomic E-state index is 12.7. The van der Waals surface area contributed by atoms with E-state index in [1.165, 1.54) is 0 Å². The third-order valence-corrected chi connectivity index (χ3v) is 4.72. The lowest BCUT2D eigenvalue weighted by Gasteiger charge is -2.27. The second-order valence-electron chi connectivity index (χ2n) is 6.95. The van der Waals surface area contributed by atoms with E-state index in [-0.39, 0.29) is 18.6 Å². The first kappa shape index (κ1) is 20.5. The van der Waals surface area contributed by atoms with Gasteiger partial charge in [-0.2, -0.15) is 0 Å². The molecular weight excluding hydrogens is 336 g/mol. The van der Waals surface area contributed by atoms with Crippen LogP contribution in [0.5, 0.6) is 5.75 Å². The Hall–Kier alpha value is -2.77. The Labute approximate surface area is 162 Å². The standard InChI is InChI=1S/C23H28N2O2/c1-6-15-25(18(2)16-20-11-8-7-9-12-20)23(26)27-22-14-10-13-21(17-22)19(3)24(4)5/h1,7-14,17-19H,15-16H2,2-5H3. The Bertz CT molecular complexity index is 780. The zero-order chi connectivity index (χ0) is 19.8. The van der Waals surface area contributed by atoms with Gasteiger partial charge in [0, 0.05) is 12.1 Å². The number of hydrogen-bond acceptors (Lipinski definition) is 3.